The highest BCUT2D eigenvalue weighted by atomic mass is 15.2. The summed E-state index contributed by atoms with van der Waals surface area (Å²) in [5.74, 6) is 0.953. The molecule has 4 nitrogen and oxygen atoms in total. The molecule has 0 spiro atoms. The summed E-state index contributed by atoms with van der Waals surface area (Å²) in [4.78, 5) is 6.70. The predicted molar refractivity (Wildman–Crippen MR) is 75.7 cm³/mol. The highest BCUT2D eigenvalue weighted by Crippen LogP contribution is 2.01. The third kappa shape index (κ3) is 4.37. The minimum atomic E-state index is 0.926. The van der Waals surface area contributed by atoms with Gasteiger partial charge in [-0.15, -0.1) is 0 Å². The van der Waals surface area contributed by atoms with Gasteiger partial charge in [-0.25, -0.2) is 0 Å². The highest BCUT2D eigenvalue weighted by Gasteiger charge is 2.03. The van der Waals surface area contributed by atoms with Gasteiger partial charge in [0.1, 0.15) is 0 Å². The van der Waals surface area contributed by atoms with Crippen molar-refractivity contribution in [3.05, 3.63) is 35.9 Å². The first-order valence-electron chi connectivity index (χ1n) is 6.59. The van der Waals surface area contributed by atoms with Gasteiger partial charge in [0.25, 0.3) is 0 Å². The largest absolute Gasteiger partial charge is 0.356 e. The summed E-state index contributed by atoms with van der Waals surface area (Å²) in [6.45, 7) is 4.90. The normalized spacial score (nSPS) is 15.1. The zero-order valence-corrected chi connectivity index (χ0v) is 11.0. The molecule has 1 heterocycles. The summed E-state index contributed by atoms with van der Waals surface area (Å²) in [6, 6.07) is 10.6. The zero-order valence-electron chi connectivity index (χ0n) is 11.0. The van der Waals surface area contributed by atoms with Crippen molar-refractivity contribution in [2.75, 3.05) is 33.2 Å². The second-order valence-electron chi connectivity index (χ2n) is 4.66. The van der Waals surface area contributed by atoms with Crippen LogP contribution in [0.15, 0.2) is 35.3 Å². The first kappa shape index (κ1) is 12.9. The number of nitrogens with one attached hydrogen (secondary N) is 2. The van der Waals surface area contributed by atoms with Crippen LogP contribution in [0.2, 0.25) is 0 Å². The van der Waals surface area contributed by atoms with Gasteiger partial charge < -0.3 is 15.5 Å². The molecule has 0 bridgehead atoms. The van der Waals surface area contributed by atoms with E-state index in [9.17, 15) is 0 Å². The molecule has 0 saturated carbocycles. The van der Waals surface area contributed by atoms with E-state index in [0.29, 0.717) is 0 Å². The van der Waals surface area contributed by atoms with Gasteiger partial charge in [-0.3, -0.25) is 4.99 Å². The van der Waals surface area contributed by atoms with Crippen molar-refractivity contribution >= 4 is 5.96 Å². The molecule has 4 heteroatoms. The maximum atomic E-state index is 4.39. The molecule has 0 saturated heterocycles. The van der Waals surface area contributed by atoms with Crippen LogP contribution in [0.5, 0.6) is 0 Å². The molecule has 18 heavy (non-hydrogen) atoms. The maximum absolute atomic E-state index is 4.39. The van der Waals surface area contributed by atoms with Crippen LogP contribution in [-0.2, 0) is 6.54 Å². The molecule has 1 aliphatic heterocycles. The molecular weight excluding hydrogens is 224 g/mol. The van der Waals surface area contributed by atoms with Gasteiger partial charge >= 0.3 is 0 Å². The highest BCUT2D eigenvalue weighted by molar-refractivity contribution is 5.80. The summed E-state index contributed by atoms with van der Waals surface area (Å²) in [6.07, 6.45) is 1.14. The van der Waals surface area contributed by atoms with Crippen LogP contribution in [0.4, 0.5) is 0 Å². The summed E-state index contributed by atoms with van der Waals surface area (Å²) in [5, 5.41) is 6.60. The number of nitrogens with zero attached hydrogens (tertiary/aromatic N) is 2. The summed E-state index contributed by atoms with van der Waals surface area (Å²) in [5.41, 5.74) is 1.35. The number of benzene rings is 1. The lowest BCUT2D eigenvalue weighted by molar-refractivity contribution is 0.331. The fourth-order valence-corrected chi connectivity index (χ4v) is 1.99. The number of aliphatic imine (C=N–C) groups is 1. The Hall–Kier alpha value is -1.55. The number of rotatable bonds is 5. The van der Waals surface area contributed by atoms with E-state index in [-0.39, 0.29) is 0 Å². The SMILES string of the molecule is CN(CCNC1=NCCCN1)Cc1ccccc1. The van der Waals surface area contributed by atoms with E-state index in [0.717, 1.165) is 45.1 Å². The van der Waals surface area contributed by atoms with Crippen molar-refractivity contribution < 1.29 is 0 Å². The Labute approximate surface area is 109 Å². The number of hydrogen-bond acceptors (Lipinski definition) is 4. The Morgan fingerprint density at radius 2 is 2.17 bits per heavy atom. The number of likely N-dealkylation sites (N-methyl/N-ethyl adjacent to an activating group) is 1. The fourth-order valence-electron chi connectivity index (χ4n) is 1.99. The van der Waals surface area contributed by atoms with Crippen LogP contribution in [0.1, 0.15) is 12.0 Å². The van der Waals surface area contributed by atoms with E-state index in [1.807, 2.05) is 0 Å². The standard InChI is InChI=1S/C14H22N4/c1-18(12-13-6-3-2-4-7-13)11-10-17-14-15-8-5-9-16-14/h2-4,6-7H,5,8-12H2,1H3,(H2,15,16,17). The molecular formula is C14H22N4. The van der Waals surface area contributed by atoms with Crippen LogP contribution in [0.3, 0.4) is 0 Å². The quantitative estimate of drug-likeness (QED) is 0.816. The van der Waals surface area contributed by atoms with E-state index in [1.54, 1.807) is 0 Å². The molecule has 2 N–H and O–H groups in total. The van der Waals surface area contributed by atoms with Crippen LogP contribution in [-0.4, -0.2) is 44.1 Å². The van der Waals surface area contributed by atoms with Crippen molar-refractivity contribution in [3.63, 3.8) is 0 Å². The lowest BCUT2D eigenvalue weighted by Gasteiger charge is -2.20. The molecule has 2 rings (SSSR count). The van der Waals surface area contributed by atoms with Crippen molar-refractivity contribution in [2.24, 2.45) is 4.99 Å². The van der Waals surface area contributed by atoms with Crippen molar-refractivity contribution in [2.45, 2.75) is 13.0 Å². The van der Waals surface area contributed by atoms with Gasteiger partial charge in [-0.05, 0) is 19.0 Å². The molecule has 98 valence electrons. The minimum absolute atomic E-state index is 0.926. The second kappa shape index (κ2) is 7.01. The lowest BCUT2D eigenvalue weighted by Crippen LogP contribution is -2.43. The summed E-state index contributed by atoms with van der Waals surface area (Å²) < 4.78 is 0. The smallest absolute Gasteiger partial charge is 0.191 e. The van der Waals surface area contributed by atoms with Crippen LogP contribution in [0.25, 0.3) is 0 Å². The van der Waals surface area contributed by atoms with E-state index in [4.69, 9.17) is 0 Å². The number of hydrogen-bond donors (Lipinski definition) is 2. The minimum Gasteiger partial charge on any atom is -0.356 e. The van der Waals surface area contributed by atoms with Crippen molar-refractivity contribution in [3.8, 4) is 0 Å². The van der Waals surface area contributed by atoms with Gasteiger partial charge in [0, 0.05) is 32.7 Å². The lowest BCUT2D eigenvalue weighted by atomic mass is 10.2. The Bertz CT molecular complexity index is 375. The molecule has 0 fully saturated rings. The Morgan fingerprint density at radius 3 is 2.89 bits per heavy atom. The van der Waals surface area contributed by atoms with E-state index >= 15 is 0 Å². The first-order chi connectivity index (χ1) is 8.84. The van der Waals surface area contributed by atoms with Crippen molar-refractivity contribution in [1.29, 1.82) is 0 Å². The average Bonchev–Trinajstić information content (AvgIpc) is 2.41. The third-order valence-corrected chi connectivity index (χ3v) is 2.98. The number of guanidine groups is 1. The Balaban J connectivity index is 1.65. The van der Waals surface area contributed by atoms with Crippen LogP contribution >= 0.6 is 0 Å². The van der Waals surface area contributed by atoms with Gasteiger partial charge in [0.05, 0.1) is 0 Å². The molecule has 0 aromatic heterocycles. The van der Waals surface area contributed by atoms with E-state index < -0.39 is 0 Å². The fraction of sp³-hybridized carbons (Fsp3) is 0.500. The molecule has 1 aliphatic rings. The molecule has 1 aromatic rings. The van der Waals surface area contributed by atoms with Gasteiger partial charge in [0.15, 0.2) is 5.96 Å². The predicted octanol–water partition coefficient (Wildman–Crippen LogP) is 1.06. The third-order valence-electron chi connectivity index (χ3n) is 2.98. The van der Waals surface area contributed by atoms with Gasteiger partial charge in [-0.2, -0.15) is 0 Å². The monoisotopic (exact) mass is 246 g/mol. The van der Waals surface area contributed by atoms with E-state index in [2.05, 4.69) is 57.9 Å². The molecule has 0 amide bonds. The maximum Gasteiger partial charge on any atom is 0.191 e. The first-order valence-corrected chi connectivity index (χ1v) is 6.59. The van der Waals surface area contributed by atoms with E-state index in [1.165, 1.54) is 5.56 Å². The Morgan fingerprint density at radius 1 is 1.33 bits per heavy atom. The average molecular weight is 246 g/mol. The summed E-state index contributed by atoms with van der Waals surface area (Å²) >= 11 is 0. The topological polar surface area (TPSA) is 39.7 Å². The zero-order chi connectivity index (χ0) is 12.6. The van der Waals surface area contributed by atoms with Gasteiger partial charge in [-0.1, -0.05) is 30.3 Å². The molecule has 0 radical (unpaired) electrons. The molecule has 0 unspecified atom stereocenters. The molecule has 0 atom stereocenters. The molecule has 0 aliphatic carbocycles. The second-order valence-corrected chi connectivity index (χ2v) is 4.66. The summed E-state index contributed by atoms with van der Waals surface area (Å²) in [7, 11) is 2.14. The van der Waals surface area contributed by atoms with Gasteiger partial charge in [0.2, 0.25) is 0 Å². The van der Waals surface area contributed by atoms with Crippen LogP contribution < -0.4 is 10.6 Å². The Kier molecular flexibility index (Phi) is 5.02. The molecule has 1 aromatic carbocycles. The van der Waals surface area contributed by atoms with Crippen LogP contribution in [0, 0.1) is 0 Å². The van der Waals surface area contributed by atoms with Crippen molar-refractivity contribution in [1.82, 2.24) is 15.5 Å².